The van der Waals surface area contributed by atoms with Crippen molar-refractivity contribution in [2.45, 2.75) is 24.4 Å². The average molecular weight is 447 g/mol. The standard InChI is InChI=1S/C23H22N6O2S/c1-16-4-8-18(9-5-16)29-20(15-32-23-24-12-3-13-25-23)21(27-28-29)22(30)26-14-17-6-10-19(31-2)11-7-17/h3-13H,14-15H2,1-2H3,(H,26,30). The molecule has 9 heteroatoms. The van der Waals surface area contributed by atoms with Crippen LogP contribution in [0.4, 0.5) is 0 Å². The van der Waals surface area contributed by atoms with E-state index in [1.165, 1.54) is 11.8 Å². The van der Waals surface area contributed by atoms with Gasteiger partial charge in [0.2, 0.25) is 0 Å². The zero-order valence-corrected chi connectivity index (χ0v) is 18.5. The summed E-state index contributed by atoms with van der Waals surface area (Å²) in [4.78, 5) is 21.5. The van der Waals surface area contributed by atoms with Crippen molar-refractivity contribution >= 4 is 17.7 Å². The number of aromatic nitrogens is 5. The van der Waals surface area contributed by atoms with Crippen LogP contribution in [0.15, 0.2) is 72.1 Å². The molecular weight excluding hydrogens is 424 g/mol. The molecule has 0 atom stereocenters. The van der Waals surface area contributed by atoms with Gasteiger partial charge in [-0.05, 0) is 42.8 Å². The summed E-state index contributed by atoms with van der Waals surface area (Å²) in [5.41, 5.74) is 3.89. The van der Waals surface area contributed by atoms with Crippen LogP contribution in [0.5, 0.6) is 5.75 Å². The van der Waals surface area contributed by atoms with Gasteiger partial charge in [-0.25, -0.2) is 14.6 Å². The van der Waals surface area contributed by atoms with E-state index < -0.39 is 0 Å². The zero-order chi connectivity index (χ0) is 22.3. The lowest BCUT2D eigenvalue weighted by Crippen LogP contribution is -2.24. The highest BCUT2D eigenvalue weighted by molar-refractivity contribution is 7.98. The van der Waals surface area contributed by atoms with Gasteiger partial charge in [0.05, 0.1) is 18.5 Å². The Hall–Kier alpha value is -3.72. The second-order valence-electron chi connectivity index (χ2n) is 6.98. The van der Waals surface area contributed by atoms with Crippen LogP contribution in [0, 0.1) is 6.92 Å². The second-order valence-corrected chi connectivity index (χ2v) is 7.93. The van der Waals surface area contributed by atoms with Gasteiger partial charge in [0.1, 0.15) is 5.75 Å². The number of carbonyl (C=O) groups is 1. The Bertz CT molecular complexity index is 1180. The molecule has 0 aliphatic heterocycles. The second kappa shape index (κ2) is 10.1. The molecule has 0 saturated carbocycles. The molecule has 0 aliphatic carbocycles. The highest BCUT2D eigenvalue weighted by Crippen LogP contribution is 2.23. The van der Waals surface area contributed by atoms with Crippen LogP contribution in [-0.4, -0.2) is 38.0 Å². The van der Waals surface area contributed by atoms with Crippen LogP contribution >= 0.6 is 11.8 Å². The monoisotopic (exact) mass is 446 g/mol. The fourth-order valence-corrected chi connectivity index (χ4v) is 3.80. The zero-order valence-electron chi connectivity index (χ0n) is 17.7. The van der Waals surface area contributed by atoms with Gasteiger partial charge in [-0.15, -0.1) is 5.10 Å². The minimum absolute atomic E-state index is 0.280. The fourth-order valence-electron chi connectivity index (χ4n) is 3.00. The number of nitrogens with one attached hydrogen (secondary N) is 1. The molecule has 0 spiro atoms. The van der Waals surface area contributed by atoms with Crippen molar-refractivity contribution in [3.8, 4) is 11.4 Å². The molecule has 1 amide bonds. The maximum atomic E-state index is 13.0. The first kappa shape index (κ1) is 21.5. The first-order valence-electron chi connectivity index (χ1n) is 9.96. The van der Waals surface area contributed by atoms with Crippen molar-refractivity contribution in [2.75, 3.05) is 7.11 Å². The molecule has 4 rings (SSSR count). The lowest BCUT2D eigenvalue weighted by Gasteiger charge is -2.09. The van der Waals surface area contributed by atoms with Crippen molar-refractivity contribution in [1.29, 1.82) is 0 Å². The fraction of sp³-hybridized carbons (Fsp3) is 0.174. The molecule has 1 N–H and O–H groups in total. The summed E-state index contributed by atoms with van der Waals surface area (Å²) in [6.07, 6.45) is 3.38. The van der Waals surface area contributed by atoms with Crippen LogP contribution in [0.25, 0.3) is 5.69 Å². The smallest absolute Gasteiger partial charge is 0.274 e. The van der Waals surface area contributed by atoms with E-state index >= 15 is 0 Å². The van der Waals surface area contributed by atoms with Gasteiger partial charge >= 0.3 is 0 Å². The summed E-state index contributed by atoms with van der Waals surface area (Å²) in [7, 11) is 1.62. The number of benzene rings is 2. The van der Waals surface area contributed by atoms with Crippen molar-refractivity contribution in [2.24, 2.45) is 0 Å². The van der Waals surface area contributed by atoms with E-state index in [9.17, 15) is 4.79 Å². The van der Waals surface area contributed by atoms with Crippen molar-refractivity contribution in [3.05, 3.63) is 89.5 Å². The van der Waals surface area contributed by atoms with Gasteiger partial charge < -0.3 is 10.1 Å². The van der Waals surface area contributed by atoms with Gasteiger partial charge in [-0.3, -0.25) is 4.79 Å². The SMILES string of the molecule is COc1ccc(CNC(=O)c2nnn(-c3ccc(C)cc3)c2CSc2ncccn2)cc1. The van der Waals surface area contributed by atoms with E-state index in [0.717, 1.165) is 22.6 Å². The van der Waals surface area contributed by atoms with Gasteiger partial charge in [0.25, 0.3) is 5.91 Å². The van der Waals surface area contributed by atoms with E-state index in [-0.39, 0.29) is 11.6 Å². The Morgan fingerprint density at radius 3 is 2.47 bits per heavy atom. The van der Waals surface area contributed by atoms with Crippen LogP contribution in [0.2, 0.25) is 0 Å². The maximum absolute atomic E-state index is 13.0. The van der Waals surface area contributed by atoms with Crippen LogP contribution in [0.3, 0.4) is 0 Å². The van der Waals surface area contributed by atoms with E-state index in [4.69, 9.17) is 4.74 Å². The van der Waals surface area contributed by atoms with Gasteiger partial charge in [-0.2, -0.15) is 0 Å². The van der Waals surface area contributed by atoms with Crippen molar-refractivity contribution in [3.63, 3.8) is 0 Å². The molecule has 0 aliphatic rings. The summed E-state index contributed by atoms with van der Waals surface area (Å²) in [5.74, 6) is 0.920. The first-order valence-corrected chi connectivity index (χ1v) is 10.9. The highest BCUT2D eigenvalue weighted by Gasteiger charge is 2.21. The van der Waals surface area contributed by atoms with Gasteiger partial charge in [0.15, 0.2) is 10.9 Å². The van der Waals surface area contributed by atoms with E-state index in [1.54, 1.807) is 30.3 Å². The number of hydrogen-bond donors (Lipinski definition) is 1. The molecule has 4 aromatic rings. The number of rotatable bonds is 8. The molecule has 0 saturated heterocycles. The number of nitrogens with zero attached hydrogens (tertiary/aromatic N) is 5. The number of thioether (sulfide) groups is 1. The molecule has 32 heavy (non-hydrogen) atoms. The minimum Gasteiger partial charge on any atom is -0.497 e. The van der Waals surface area contributed by atoms with Gasteiger partial charge in [0, 0.05) is 24.7 Å². The van der Waals surface area contributed by atoms with Crippen LogP contribution < -0.4 is 10.1 Å². The minimum atomic E-state index is -0.288. The predicted octanol–water partition coefficient (Wildman–Crippen LogP) is 3.60. The third kappa shape index (κ3) is 5.12. The predicted molar refractivity (Wildman–Crippen MR) is 122 cm³/mol. The molecule has 0 unspecified atom stereocenters. The average Bonchev–Trinajstić information content (AvgIpc) is 3.26. The third-order valence-corrected chi connectivity index (χ3v) is 5.64. The lowest BCUT2D eigenvalue weighted by atomic mass is 10.2. The summed E-state index contributed by atoms with van der Waals surface area (Å²) in [6, 6.07) is 17.2. The highest BCUT2D eigenvalue weighted by atomic mass is 32.2. The molecular formula is C23H22N6O2S. The first-order chi connectivity index (χ1) is 15.6. The Morgan fingerprint density at radius 1 is 1.06 bits per heavy atom. The Balaban J connectivity index is 1.56. The number of amides is 1. The van der Waals surface area contributed by atoms with E-state index in [2.05, 4.69) is 25.6 Å². The molecule has 8 nitrogen and oxygen atoms in total. The molecule has 0 radical (unpaired) electrons. The Morgan fingerprint density at radius 2 is 1.78 bits per heavy atom. The number of ether oxygens (including phenoxy) is 1. The molecule has 0 bridgehead atoms. The maximum Gasteiger partial charge on any atom is 0.274 e. The van der Waals surface area contributed by atoms with E-state index in [0.29, 0.717) is 23.1 Å². The Labute approximate surface area is 190 Å². The summed E-state index contributed by atoms with van der Waals surface area (Å²) in [5, 5.41) is 12.0. The molecule has 2 aromatic heterocycles. The number of carbonyl (C=O) groups excluding carboxylic acids is 1. The third-order valence-electron chi connectivity index (χ3n) is 4.75. The largest absolute Gasteiger partial charge is 0.497 e. The topological polar surface area (TPSA) is 94.8 Å². The quantitative estimate of drug-likeness (QED) is 0.326. The van der Waals surface area contributed by atoms with Crippen molar-refractivity contribution in [1.82, 2.24) is 30.3 Å². The number of aryl methyl sites for hydroxylation is 1. The van der Waals surface area contributed by atoms with E-state index in [1.807, 2.05) is 55.5 Å². The normalized spacial score (nSPS) is 10.7. The molecule has 0 fully saturated rings. The van der Waals surface area contributed by atoms with Crippen LogP contribution in [-0.2, 0) is 12.3 Å². The molecule has 2 heterocycles. The summed E-state index contributed by atoms with van der Waals surface area (Å²) >= 11 is 1.42. The number of methoxy groups -OCH3 is 1. The summed E-state index contributed by atoms with van der Waals surface area (Å²) in [6.45, 7) is 2.39. The molecule has 2 aromatic carbocycles. The molecule has 162 valence electrons. The van der Waals surface area contributed by atoms with Gasteiger partial charge in [-0.1, -0.05) is 46.8 Å². The van der Waals surface area contributed by atoms with Crippen molar-refractivity contribution < 1.29 is 9.53 Å². The van der Waals surface area contributed by atoms with Crippen LogP contribution in [0.1, 0.15) is 27.3 Å². The lowest BCUT2D eigenvalue weighted by molar-refractivity contribution is 0.0945. The summed E-state index contributed by atoms with van der Waals surface area (Å²) < 4.78 is 6.87. The Kier molecular flexibility index (Phi) is 6.76. The number of hydrogen-bond acceptors (Lipinski definition) is 7.